The van der Waals surface area contributed by atoms with E-state index in [9.17, 15) is 14.9 Å². The molecule has 0 saturated heterocycles. The van der Waals surface area contributed by atoms with Gasteiger partial charge < -0.3 is 4.74 Å². The van der Waals surface area contributed by atoms with Crippen LogP contribution >= 0.6 is 0 Å². The molecule has 0 unspecified atom stereocenters. The van der Waals surface area contributed by atoms with Crippen LogP contribution in [0.1, 0.15) is 46.0 Å². The van der Waals surface area contributed by atoms with Crippen LogP contribution in [0.4, 0.5) is 0 Å². The topological polar surface area (TPSA) is 69.4 Å². The predicted octanol–water partition coefficient (Wildman–Crippen LogP) is 2.41. The molecule has 0 aliphatic heterocycles. The molecule has 1 saturated carbocycles. The number of carbonyl (C=O) groups is 1. The summed E-state index contributed by atoms with van der Waals surface area (Å²) in [6, 6.07) is 0. The Morgan fingerprint density at radius 2 is 2.06 bits per heavy atom. The molecule has 0 atom stereocenters. The SMILES string of the molecule is CCOC(=O)CC1(C[N+](=O)[O-])CCC(C)CC1. The van der Waals surface area contributed by atoms with Gasteiger partial charge in [0.2, 0.25) is 6.54 Å². The van der Waals surface area contributed by atoms with Crippen molar-refractivity contribution in [3.63, 3.8) is 0 Å². The lowest BCUT2D eigenvalue weighted by atomic mass is 9.69. The summed E-state index contributed by atoms with van der Waals surface area (Å²) >= 11 is 0. The van der Waals surface area contributed by atoms with Gasteiger partial charge in [-0.3, -0.25) is 14.9 Å². The fourth-order valence-corrected chi connectivity index (χ4v) is 2.56. The first kappa shape index (κ1) is 13.9. The maximum atomic E-state index is 11.5. The van der Waals surface area contributed by atoms with E-state index in [1.165, 1.54) is 0 Å². The molecule has 0 N–H and O–H groups in total. The van der Waals surface area contributed by atoms with Gasteiger partial charge in [-0.05, 0) is 38.5 Å². The maximum Gasteiger partial charge on any atom is 0.306 e. The molecule has 0 aromatic carbocycles. The highest BCUT2D eigenvalue weighted by molar-refractivity contribution is 5.70. The summed E-state index contributed by atoms with van der Waals surface area (Å²) in [5.74, 6) is 0.306. The van der Waals surface area contributed by atoms with Crippen molar-refractivity contribution in [2.24, 2.45) is 11.3 Å². The van der Waals surface area contributed by atoms with Gasteiger partial charge in [-0.15, -0.1) is 0 Å². The summed E-state index contributed by atoms with van der Waals surface area (Å²) in [6.45, 7) is 4.13. The first-order chi connectivity index (χ1) is 7.97. The van der Waals surface area contributed by atoms with Gasteiger partial charge in [0.05, 0.1) is 13.0 Å². The standard InChI is InChI=1S/C12H21NO4/c1-3-17-11(14)8-12(9-13(15)16)6-4-10(2)5-7-12/h10H,3-9H2,1-2H3. The Labute approximate surface area is 102 Å². The molecule has 1 aliphatic rings. The highest BCUT2D eigenvalue weighted by atomic mass is 16.6. The normalized spacial score (nSPS) is 28.7. The molecule has 1 rings (SSSR count). The number of ether oxygens (including phenoxy) is 1. The third-order valence-electron chi connectivity index (χ3n) is 3.62. The lowest BCUT2D eigenvalue weighted by Gasteiger charge is -2.35. The highest BCUT2D eigenvalue weighted by Gasteiger charge is 2.41. The molecule has 17 heavy (non-hydrogen) atoms. The van der Waals surface area contributed by atoms with Crippen LogP contribution in [0.5, 0.6) is 0 Å². The number of esters is 1. The van der Waals surface area contributed by atoms with Gasteiger partial charge in [0.1, 0.15) is 0 Å². The summed E-state index contributed by atoms with van der Waals surface area (Å²) in [5.41, 5.74) is -0.470. The molecule has 1 aliphatic carbocycles. The van der Waals surface area contributed by atoms with Gasteiger partial charge in [-0.25, -0.2) is 0 Å². The minimum Gasteiger partial charge on any atom is -0.466 e. The number of nitrogens with zero attached hydrogens (tertiary/aromatic N) is 1. The second-order valence-corrected chi connectivity index (χ2v) is 5.16. The molecule has 0 aromatic rings. The zero-order chi connectivity index (χ0) is 12.9. The number of hydrogen-bond acceptors (Lipinski definition) is 4. The van der Waals surface area contributed by atoms with Crippen LogP contribution in [0.15, 0.2) is 0 Å². The second kappa shape index (κ2) is 5.98. The van der Waals surface area contributed by atoms with E-state index in [2.05, 4.69) is 6.92 Å². The molecule has 5 nitrogen and oxygen atoms in total. The van der Waals surface area contributed by atoms with Crippen LogP contribution < -0.4 is 0 Å². The molecular formula is C12H21NO4. The fourth-order valence-electron chi connectivity index (χ4n) is 2.56. The Kier molecular flexibility index (Phi) is 4.90. The largest absolute Gasteiger partial charge is 0.466 e. The predicted molar refractivity (Wildman–Crippen MR) is 63.2 cm³/mol. The molecule has 5 heteroatoms. The summed E-state index contributed by atoms with van der Waals surface area (Å²) in [6.07, 6.45) is 3.64. The highest BCUT2D eigenvalue weighted by Crippen LogP contribution is 2.41. The van der Waals surface area contributed by atoms with Crippen LogP contribution in [0.25, 0.3) is 0 Å². The van der Waals surface area contributed by atoms with Gasteiger partial charge in [0.25, 0.3) is 0 Å². The lowest BCUT2D eigenvalue weighted by molar-refractivity contribution is -0.499. The van der Waals surface area contributed by atoms with Crippen molar-refractivity contribution in [2.45, 2.75) is 46.0 Å². The molecule has 0 heterocycles. The van der Waals surface area contributed by atoms with Crippen LogP contribution in [-0.4, -0.2) is 24.0 Å². The molecule has 1 fully saturated rings. The van der Waals surface area contributed by atoms with E-state index in [1.54, 1.807) is 6.92 Å². The monoisotopic (exact) mass is 243 g/mol. The molecule has 0 radical (unpaired) electrons. The molecule has 0 amide bonds. The molecule has 0 bridgehead atoms. The fraction of sp³-hybridized carbons (Fsp3) is 0.917. The molecule has 0 spiro atoms. The average molecular weight is 243 g/mol. The van der Waals surface area contributed by atoms with E-state index in [1.807, 2.05) is 0 Å². The minimum atomic E-state index is -0.470. The van der Waals surface area contributed by atoms with Crippen molar-refractivity contribution in [3.8, 4) is 0 Å². The van der Waals surface area contributed by atoms with Crippen molar-refractivity contribution in [3.05, 3.63) is 10.1 Å². The minimum absolute atomic E-state index is 0.113. The summed E-state index contributed by atoms with van der Waals surface area (Å²) in [4.78, 5) is 22.0. The zero-order valence-corrected chi connectivity index (χ0v) is 10.6. The van der Waals surface area contributed by atoms with E-state index in [-0.39, 0.29) is 23.9 Å². The quantitative estimate of drug-likeness (QED) is 0.422. The van der Waals surface area contributed by atoms with Crippen molar-refractivity contribution in [1.82, 2.24) is 0 Å². The molecular weight excluding hydrogens is 222 g/mol. The maximum absolute atomic E-state index is 11.5. The number of carbonyl (C=O) groups excluding carboxylic acids is 1. The lowest BCUT2D eigenvalue weighted by Crippen LogP contribution is -2.36. The Morgan fingerprint density at radius 3 is 2.53 bits per heavy atom. The van der Waals surface area contributed by atoms with E-state index in [0.717, 1.165) is 25.7 Å². The number of nitro groups is 1. The number of hydrogen-bond donors (Lipinski definition) is 0. The van der Waals surface area contributed by atoms with Crippen molar-refractivity contribution in [1.29, 1.82) is 0 Å². The van der Waals surface area contributed by atoms with Crippen molar-refractivity contribution in [2.75, 3.05) is 13.2 Å². The summed E-state index contributed by atoms with van der Waals surface area (Å²) in [5, 5.41) is 10.7. The average Bonchev–Trinajstić information content (AvgIpc) is 2.22. The summed E-state index contributed by atoms with van der Waals surface area (Å²) in [7, 11) is 0. The Balaban J connectivity index is 2.65. The Morgan fingerprint density at radius 1 is 1.47 bits per heavy atom. The Bertz CT molecular complexity index is 282. The van der Waals surface area contributed by atoms with Crippen LogP contribution in [-0.2, 0) is 9.53 Å². The Hall–Kier alpha value is -1.13. The first-order valence-electron chi connectivity index (χ1n) is 6.25. The third-order valence-corrected chi connectivity index (χ3v) is 3.62. The second-order valence-electron chi connectivity index (χ2n) is 5.16. The van der Waals surface area contributed by atoms with E-state index < -0.39 is 5.41 Å². The van der Waals surface area contributed by atoms with Gasteiger partial charge in [-0.2, -0.15) is 0 Å². The molecule has 98 valence electrons. The van der Waals surface area contributed by atoms with E-state index in [4.69, 9.17) is 4.74 Å². The summed E-state index contributed by atoms with van der Waals surface area (Å²) < 4.78 is 4.92. The third kappa shape index (κ3) is 4.32. The van der Waals surface area contributed by atoms with Crippen molar-refractivity contribution < 1.29 is 14.5 Å². The van der Waals surface area contributed by atoms with Gasteiger partial charge in [0, 0.05) is 10.3 Å². The molecule has 0 aromatic heterocycles. The smallest absolute Gasteiger partial charge is 0.306 e. The van der Waals surface area contributed by atoms with Crippen molar-refractivity contribution >= 4 is 5.97 Å². The van der Waals surface area contributed by atoms with Crippen LogP contribution in [0, 0.1) is 21.4 Å². The first-order valence-corrected chi connectivity index (χ1v) is 6.25. The van der Waals surface area contributed by atoms with Gasteiger partial charge >= 0.3 is 5.97 Å². The van der Waals surface area contributed by atoms with Gasteiger partial charge in [0.15, 0.2) is 0 Å². The zero-order valence-electron chi connectivity index (χ0n) is 10.6. The van der Waals surface area contributed by atoms with Gasteiger partial charge in [-0.1, -0.05) is 6.92 Å². The van der Waals surface area contributed by atoms with E-state index >= 15 is 0 Å². The van der Waals surface area contributed by atoms with E-state index in [0.29, 0.717) is 12.5 Å². The number of rotatable bonds is 5. The van der Waals surface area contributed by atoms with Crippen LogP contribution in [0.3, 0.4) is 0 Å². The van der Waals surface area contributed by atoms with Crippen LogP contribution in [0.2, 0.25) is 0 Å².